The molecule has 2 heterocycles. The first kappa shape index (κ1) is 29.9. The van der Waals surface area contributed by atoms with E-state index in [-0.39, 0.29) is 32.6 Å². The summed E-state index contributed by atoms with van der Waals surface area (Å²) < 4.78 is 31.0. The number of halogens is 2. The van der Waals surface area contributed by atoms with Gasteiger partial charge in [0.2, 0.25) is 0 Å². The van der Waals surface area contributed by atoms with Crippen LogP contribution in [-0.2, 0) is 14.8 Å². The van der Waals surface area contributed by atoms with Gasteiger partial charge in [-0.15, -0.1) is 0 Å². The number of carboxylic acids is 1. The van der Waals surface area contributed by atoms with Crippen LogP contribution in [0.5, 0.6) is 0 Å². The van der Waals surface area contributed by atoms with E-state index >= 15 is 0 Å². The summed E-state index contributed by atoms with van der Waals surface area (Å²) in [6.07, 6.45) is 5.36. The van der Waals surface area contributed by atoms with Crippen LogP contribution in [0.25, 0.3) is 16.7 Å². The molecule has 9 nitrogen and oxygen atoms in total. The quantitative estimate of drug-likeness (QED) is 0.239. The van der Waals surface area contributed by atoms with Crippen LogP contribution < -0.4 is 9.62 Å². The average Bonchev–Trinajstić information content (AvgIpc) is 3.66. The minimum Gasteiger partial charge on any atom is -0.480 e. The molecule has 0 aliphatic heterocycles. The minimum atomic E-state index is -4.45. The van der Waals surface area contributed by atoms with Crippen molar-refractivity contribution >= 4 is 61.7 Å². The molecule has 1 saturated carbocycles. The van der Waals surface area contributed by atoms with Gasteiger partial charge in [-0.2, -0.15) is 0 Å². The van der Waals surface area contributed by atoms with E-state index in [0.717, 1.165) is 22.7 Å². The van der Waals surface area contributed by atoms with Gasteiger partial charge in [0, 0.05) is 39.4 Å². The van der Waals surface area contributed by atoms with Gasteiger partial charge in [-0.3, -0.25) is 9.10 Å². The number of carbonyl (C=O) groups is 2. The number of benzene rings is 2. The number of fused-ring (bicyclic) bond motifs is 1. The number of rotatable bonds is 8. The number of nitrogens with one attached hydrogen (secondary N) is 1. The monoisotopic (exact) mass is 628 g/mol. The van der Waals surface area contributed by atoms with E-state index < -0.39 is 27.4 Å². The number of amides is 1. The summed E-state index contributed by atoms with van der Waals surface area (Å²) in [7, 11) is -4.45. The molecule has 220 valence electrons. The number of hydrogen-bond donors (Lipinski definition) is 2. The number of carbonyl (C=O) groups excluding carboxylic acids is 1. The molecule has 1 fully saturated rings. The van der Waals surface area contributed by atoms with Crippen molar-refractivity contribution < 1.29 is 23.1 Å². The molecule has 1 aliphatic carbocycles. The summed E-state index contributed by atoms with van der Waals surface area (Å²) in [5.74, 6) is -0.958. The first-order valence-electron chi connectivity index (χ1n) is 13.3. The van der Waals surface area contributed by atoms with Gasteiger partial charge < -0.3 is 15.0 Å². The van der Waals surface area contributed by atoms with Crippen LogP contribution in [0.3, 0.4) is 0 Å². The third-order valence-electron chi connectivity index (χ3n) is 7.09. The molecule has 4 aromatic rings. The second-order valence-corrected chi connectivity index (χ2v) is 14.2. The molecular weight excluding hydrogens is 599 g/mol. The molecule has 42 heavy (non-hydrogen) atoms. The Morgan fingerprint density at radius 3 is 2.33 bits per heavy atom. The summed E-state index contributed by atoms with van der Waals surface area (Å²) in [6.45, 7) is 6.85. The molecule has 0 bridgehead atoms. The van der Waals surface area contributed by atoms with E-state index in [4.69, 9.17) is 23.2 Å². The molecule has 2 aromatic heterocycles. The number of carboxylic acid groups (broad SMARTS) is 1. The highest BCUT2D eigenvalue weighted by Gasteiger charge is 2.43. The van der Waals surface area contributed by atoms with Crippen LogP contribution in [-0.4, -0.2) is 47.0 Å². The summed E-state index contributed by atoms with van der Waals surface area (Å²) >= 11 is 12.3. The Kier molecular flexibility index (Phi) is 7.76. The first-order valence-corrected chi connectivity index (χ1v) is 15.5. The van der Waals surface area contributed by atoms with Crippen LogP contribution in [0.15, 0.2) is 65.8 Å². The normalized spacial score (nSPS) is 14.5. The van der Waals surface area contributed by atoms with Crippen LogP contribution >= 0.6 is 23.2 Å². The molecule has 0 saturated heterocycles. The van der Waals surface area contributed by atoms with Crippen molar-refractivity contribution in [1.29, 1.82) is 0 Å². The number of aryl methyl sites for hydroxylation is 1. The standard InChI is InChI=1S/C30H30Cl2N4O5S/c1-17-16-35(26-11-18(9-10-33-26)28(37)34-21-5-6-21)25-8-7-22(15-24(17)25)36(27(29(38)39)30(2,3)4)42(40,41)23-13-19(31)12-20(32)14-23/h7-16,21,27H,5-6H2,1-4H3,(H,34,37)(H,38,39). The van der Waals surface area contributed by atoms with Crippen molar-refractivity contribution in [2.24, 2.45) is 5.41 Å². The Hall–Kier alpha value is -3.60. The van der Waals surface area contributed by atoms with Gasteiger partial charge in [0.1, 0.15) is 11.9 Å². The van der Waals surface area contributed by atoms with Crippen molar-refractivity contribution in [3.05, 3.63) is 82.1 Å². The number of pyridine rings is 1. The number of aliphatic carboxylic acids is 1. The van der Waals surface area contributed by atoms with E-state index in [1.165, 1.54) is 18.2 Å². The molecule has 5 rings (SSSR count). The van der Waals surface area contributed by atoms with Gasteiger partial charge in [-0.05, 0) is 79.3 Å². The molecule has 12 heteroatoms. The van der Waals surface area contributed by atoms with Crippen molar-refractivity contribution in [3.63, 3.8) is 0 Å². The SMILES string of the molecule is Cc1cn(-c2cc(C(=O)NC3CC3)ccn2)c2ccc(N(C(C(=O)O)C(C)(C)C)S(=O)(=O)c3cc(Cl)cc(Cl)c3)cc12. The highest BCUT2D eigenvalue weighted by Crippen LogP contribution is 2.38. The summed E-state index contributed by atoms with van der Waals surface area (Å²) in [6, 6.07) is 10.9. The summed E-state index contributed by atoms with van der Waals surface area (Å²) in [5.41, 5.74) is 1.14. The maximum absolute atomic E-state index is 14.2. The van der Waals surface area contributed by atoms with E-state index in [2.05, 4.69) is 10.3 Å². The van der Waals surface area contributed by atoms with Crippen molar-refractivity contribution in [3.8, 4) is 5.82 Å². The third-order valence-corrected chi connectivity index (χ3v) is 9.30. The zero-order valence-corrected chi connectivity index (χ0v) is 25.8. The van der Waals surface area contributed by atoms with Gasteiger partial charge in [0.25, 0.3) is 15.9 Å². The lowest BCUT2D eigenvalue weighted by Crippen LogP contribution is -2.52. The van der Waals surface area contributed by atoms with E-state index in [1.807, 2.05) is 17.7 Å². The Labute approximate surface area is 254 Å². The molecular formula is C30H30Cl2N4O5S. The Morgan fingerprint density at radius 1 is 1.07 bits per heavy atom. The van der Waals surface area contributed by atoms with Gasteiger partial charge >= 0.3 is 5.97 Å². The van der Waals surface area contributed by atoms with Crippen LogP contribution in [0.4, 0.5) is 5.69 Å². The molecule has 1 atom stereocenters. The van der Waals surface area contributed by atoms with Crippen molar-refractivity contribution in [2.75, 3.05) is 4.31 Å². The topological polar surface area (TPSA) is 122 Å². The second-order valence-electron chi connectivity index (χ2n) is 11.5. The Bertz CT molecular complexity index is 1810. The molecule has 1 aliphatic rings. The largest absolute Gasteiger partial charge is 0.480 e. The lowest BCUT2D eigenvalue weighted by atomic mass is 9.86. The zero-order chi connectivity index (χ0) is 30.6. The van der Waals surface area contributed by atoms with Crippen molar-refractivity contribution in [2.45, 2.75) is 57.5 Å². The van der Waals surface area contributed by atoms with Crippen molar-refractivity contribution in [1.82, 2.24) is 14.9 Å². The number of sulfonamides is 1. The molecule has 1 unspecified atom stereocenters. The fourth-order valence-electron chi connectivity index (χ4n) is 4.94. The van der Waals surface area contributed by atoms with Gasteiger partial charge in [0.15, 0.2) is 0 Å². The number of hydrogen-bond acceptors (Lipinski definition) is 5. The van der Waals surface area contributed by atoms with Crippen LogP contribution in [0, 0.1) is 12.3 Å². The fraction of sp³-hybridized carbons (Fsp3) is 0.300. The first-order chi connectivity index (χ1) is 19.7. The third kappa shape index (κ3) is 5.84. The predicted molar refractivity (Wildman–Crippen MR) is 163 cm³/mol. The number of anilines is 1. The lowest BCUT2D eigenvalue weighted by Gasteiger charge is -2.37. The zero-order valence-electron chi connectivity index (χ0n) is 23.4. The Balaban J connectivity index is 1.65. The minimum absolute atomic E-state index is 0.104. The van der Waals surface area contributed by atoms with Crippen LogP contribution in [0.1, 0.15) is 49.5 Å². The van der Waals surface area contributed by atoms with Gasteiger partial charge in [-0.1, -0.05) is 44.0 Å². The molecule has 0 spiro atoms. The molecule has 1 amide bonds. The molecule has 2 N–H and O–H groups in total. The highest BCUT2D eigenvalue weighted by molar-refractivity contribution is 7.93. The highest BCUT2D eigenvalue weighted by atomic mass is 35.5. The fourth-order valence-corrected chi connectivity index (χ4v) is 7.45. The van der Waals surface area contributed by atoms with E-state index in [9.17, 15) is 23.1 Å². The second kappa shape index (κ2) is 10.9. The van der Waals surface area contributed by atoms with Gasteiger partial charge in [-0.25, -0.2) is 18.2 Å². The smallest absolute Gasteiger partial charge is 0.328 e. The number of nitrogens with zero attached hydrogens (tertiary/aromatic N) is 3. The lowest BCUT2D eigenvalue weighted by molar-refractivity contribution is -0.140. The summed E-state index contributed by atoms with van der Waals surface area (Å²) in [4.78, 5) is 29.5. The summed E-state index contributed by atoms with van der Waals surface area (Å²) in [5, 5.41) is 14.2. The number of aromatic nitrogens is 2. The van der Waals surface area contributed by atoms with E-state index in [1.54, 1.807) is 57.3 Å². The average molecular weight is 630 g/mol. The maximum Gasteiger partial charge on any atom is 0.328 e. The molecule has 2 aromatic carbocycles. The van der Waals surface area contributed by atoms with E-state index in [0.29, 0.717) is 22.3 Å². The maximum atomic E-state index is 14.2. The van der Waals surface area contributed by atoms with Crippen LogP contribution in [0.2, 0.25) is 10.0 Å². The molecule has 0 radical (unpaired) electrons. The Morgan fingerprint density at radius 2 is 1.74 bits per heavy atom. The predicted octanol–water partition coefficient (Wildman–Crippen LogP) is 6.23. The van der Waals surface area contributed by atoms with Gasteiger partial charge in [0.05, 0.1) is 16.1 Å².